The molecule has 2 aromatic rings. The molecule has 2 rings (SSSR count). The Morgan fingerprint density at radius 3 is 2.43 bits per heavy atom. The summed E-state index contributed by atoms with van der Waals surface area (Å²) in [5, 5.41) is 0. The van der Waals surface area contributed by atoms with Gasteiger partial charge in [0.2, 0.25) is 0 Å². The van der Waals surface area contributed by atoms with Crippen LogP contribution in [0, 0.1) is 0 Å². The Bertz CT molecular complexity index is 642. The van der Waals surface area contributed by atoms with Crippen LogP contribution in [0.4, 0.5) is 0 Å². The molecule has 0 heterocycles. The highest BCUT2D eigenvalue weighted by molar-refractivity contribution is 9.10. The zero-order valence-electron chi connectivity index (χ0n) is 12.3. The lowest BCUT2D eigenvalue weighted by Crippen LogP contribution is -2.30. The second-order valence-electron chi connectivity index (χ2n) is 4.81. The highest BCUT2D eigenvalue weighted by atomic mass is 79.9. The number of nitrogens with zero attached hydrogens (tertiary/aromatic N) is 1. The van der Waals surface area contributed by atoms with Crippen LogP contribution in [0.15, 0.2) is 53.0 Å². The minimum absolute atomic E-state index is 0.0270. The van der Waals surface area contributed by atoms with E-state index in [0.717, 1.165) is 15.8 Å². The van der Waals surface area contributed by atoms with Gasteiger partial charge in [-0.05, 0) is 41.1 Å². The number of carbonyl (C=O) groups is 1. The molecule has 0 N–H and O–H groups in total. The number of methoxy groups -OCH3 is 1. The molecule has 0 bridgehead atoms. The molecule has 0 saturated heterocycles. The molecule has 4 heteroatoms. The van der Waals surface area contributed by atoms with Crippen molar-refractivity contribution in [3.05, 3.63) is 64.1 Å². The molecule has 0 aliphatic heterocycles. The molecule has 1 unspecified atom stereocenters. The van der Waals surface area contributed by atoms with Crippen molar-refractivity contribution in [1.82, 2.24) is 4.90 Å². The SMILES string of the molecule is COc1ccccc1C(C)N(C)C(=O)c1ccccc1Br. The molecule has 3 nitrogen and oxygen atoms in total. The van der Waals surface area contributed by atoms with E-state index in [0.29, 0.717) is 5.56 Å². The maximum atomic E-state index is 12.6. The van der Waals surface area contributed by atoms with Crippen LogP contribution in [0.2, 0.25) is 0 Å². The lowest BCUT2D eigenvalue weighted by Gasteiger charge is -2.27. The first-order chi connectivity index (χ1) is 10.1. The number of hydrogen-bond acceptors (Lipinski definition) is 2. The Hall–Kier alpha value is -1.81. The van der Waals surface area contributed by atoms with Gasteiger partial charge >= 0.3 is 0 Å². The average molecular weight is 348 g/mol. The highest BCUT2D eigenvalue weighted by Crippen LogP contribution is 2.29. The van der Waals surface area contributed by atoms with Crippen LogP contribution < -0.4 is 4.74 Å². The number of para-hydroxylation sites is 1. The number of halogens is 1. The van der Waals surface area contributed by atoms with E-state index in [4.69, 9.17) is 4.74 Å². The van der Waals surface area contributed by atoms with Gasteiger partial charge in [0.15, 0.2) is 0 Å². The first-order valence-corrected chi connectivity index (χ1v) is 7.50. The summed E-state index contributed by atoms with van der Waals surface area (Å²) in [6.07, 6.45) is 0. The average Bonchev–Trinajstić information content (AvgIpc) is 2.53. The molecule has 0 aliphatic rings. The summed E-state index contributed by atoms with van der Waals surface area (Å²) in [5.74, 6) is 0.762. The van der Waals surface area contributed by atoms with Crippen LogP contribution in [0.1, 0.15) is 28.9 Å². The van der Waals surface area contributed by atoms with Crippen molar-refractivity contribution in [2.75, 3.05) is 14.2 Å². The van der Waals surface area contributed by atoms with Crippen LogP contribution in [0.5, 0.6) is 5.75 Å². The van der Waals surface area contributed by atoms with Crippen molar-refractivity contribution in [2.45, 2.75) is 13.0 Å². The lowest BCUT2D eigenvalue weighted by molar-refractivity contribution is 0.0740. The predicted molar refractivity (Wildman–Crippen MR) is 87.6 cm³/mol. The van der Waals surface area contributed by atoms with E-state index < -0.39 is 0 Å². The summed E-state index contributed by atoms with van der Waals surface area (Å²) in [4.78, 5) is 14.4. The molecule has 2 aromatic carbocycles. The zero-order chi connectivity index (χ0) is 15.4. The van der Waals surface area contributed by atoms with Gasteiger partial charge in [0, 0.05) is 17.1 Å². The molecule has 0 saturated carbocycles. The normalized spacial score (nSPS) is 11.8. The number of benzene rings is 2. The second-order valence-corrected chi connectivity index (χ2v) is 5.67. The molecule has 110 valence electrons. The topological polar surface area (TPSA) is 29.5 Å². The third kappa shape index (κ3) is 3.27. The summed E-state index contributed by atoms with van der Waals surface area (Å²) >= 11 is 3.43. The number of ether oxygens (including phenoxy) is 1. The maximum Gasteiger partial charge on any atom is 0.255 e. The fraction of sp³-hybridized carbons (Fsp3) is 0.235. The number of rotatable bonds is 4. The fourth-order valence-electron chi connectivity index (χ4n) is 2.22. The maximum absolute atomic E-state index is 12.6. The van der Waals surface area contributed by atoms with E-state index in [1.807, 2.05) is 55.5 Å². The number of carbonyl (C=O) groups excluding carboxylic acids is 1. The standard InChI is InChI=1S/C17H18BrNO2/c1-12(13-8-5-7-11-16(13)21-3)19(2)17(20)14-9-4-6-10-15(14)18/h4-12H,1-3H3. The molecule has 21 heavy (non-hydrogen) atoms. The van der Waals surface area contributed by atoms with Gasteiger partial charge in [-0.1, -0.05) is 30.3 Å². The van der Waals surface area contributed by atoms with Gasteiger partial charge in [0.05, 0.1) is 18.7 Å². The second kappa shape index (κ2) is 6.76. The molecule has 0 radical (unpaired) electrons. The van der Waals surface area contributed by atoms with Crippen LogP contribution in [-0.4, -0.2) is 25.0 Å². The molecule has 0 aliphatic carbocycles. The third-order valence-corrected chi connectivity index (χ3v) is 4.29. The summed E-state index contributed by atoms with van der Waals surface area (Å²) in [7, 11) is 3.44. The van der Waals surface area contributed by atoms with Crippen molar-refractivity contribution in [2.24, 2.45) is 0 Å². The van der Waals surface area contributed by atoms with Gasteiger partial charge < -0.3 is 9.64 Å². The molecule has 1 amide bonds. The van der Waals surface area contributed by atoms with Gasteiger partial charge in [0.25, 0.3) is 5.91 Å². The summed E-state index contributed by atoms with van der Waals surface area (Å²) in [5.41, 5.74) is 1.64. The Morgan fingerprint density at radius 1 is 1.14 bits per heavy atom. The van der Waals surface area contributed by atoms with E-state index in [9.17, 15) is 4.79 Å². The number of amides is 1. The smallest absolute Gasteiger partial charge is 0.255 e. The zero-order valence-corrected chi connectivity index (χ0v) is 13.9. The molecule has 0 fully saturated rings. The molecular formula is C17H18BrNO2. The van der Waals surface area contributed by atoms with E-state index >= 15 is 0 Å². The van der Waals surface area contributed by atoms with Crippen LogP contribution in [-0.2, 0) is 0 Å². The minimum Gasteiger partial charge on any atom is -0.496 e. The Morgan fingerprint density at radius 2 is 1.76 bits per heavy atom. The molecule has 1 atom stereocenters. The van der Waals surface area contributed by atoms with E-state index in [1.54, 1.807) is 19.1 Å². The van der Waals surface area contributed by atoms with Gasteiger partial charge in [-0.3, -0.25) is 4.79 Å². The van der Waals surface area contributed by atoms with Crippen molar-refractivity contribution < 1.29 is 9.53 Å². The Kier molecular flexibility index (Phi) is 5.02. The van der Waals surface area contributed by atoms with E-state index in [1.165, 1.54) is 0 Å². The van der Waals surface area contributed by atoms with Gasteiger partial charge in [-0.2, -0.15) is 0 Å². The van der Waals surface area contributed by atoms with Crippen molar-refractivity contribution >= 4 is 21.8 Å². The molecular weight excluding hydrogens is 330 g/mol. The molecule has 0 spiro atoms. The Labute approximate surface area is 133 Å². The lowest BCUT2D eigenvalue weighted by atomic mass is 10.0. The van der Waals surface area contributed by atoms with Gasteiger partial charge in [0.1, 0.15) is 5.75 Å². The van der Waals surface area contributed by atoms with Crippen molar-refractivity contribution in [3.8, 4) is 5.75 Å². The van der Waals surface area contributed by atoms with Crippen LogP contribution in [0.25, 0.3) is 0 Å². The van der Waals surface area contributed by atoms with Crippen LogP contribution in [0.3, 0.4) is 0 Å². The highest BCUT2D eigenvalue weighted by Gasteiger charge is 2.22. The Balaban J connectivity index is 2.29. The molecule has 0 aromatic heterocycles. The number of hydrogen-bond donors (Lipinski definition) is 0. The largest absolute Gasteiger partial charge is 0.496 e. The van der Waals surface area contributed by atoms with E-state index in [-0.39, 0.29) is 11.9 Å². The summed E-state index contributed by atoms with van der Waals surface area (Å²) in [6.45, 7) is 1.99. The monoisotopic (exact) mass is 347 g/mol. The minimum atomic E-state index is -0.0826. The predicted octanol–water partition coefficient (Wildman–Crippen LogP) is 4.29. The van der Waals surface area contributed by atoms with Gasteiger partial charge in [-0.15, -0.1) is 0 Å². The quantitative estimate of drug-likeness (QED) is 0.825. The van der Waals surface area contributed by atoms with Gasteiger partial charge in [-0.25, -0.2) is 0 Å². The third-order valence-electron chi connectivity index (χ3n) is 3.59. The summed E-state index contributed by atoms with van der Waals surface area (Å²) < 4.78 is 6.18. The van der Waals surface area contributed by atoms with Crippen molar-refractivity contribution in [3.63, 3.8) is 0 Å². The fourth-order valence-corrected chi connectivity index (χ4v) is 2.68. The van der Waals surface area contributed by atoms with Crippen LogP contribution >= 0.6 is 15.9 Å². The van der Waals surface area contributed by atoms with Crippen molar-refractivity contribution in [1.29, 1.82) is 0 Å². The summed E-state index contributed by atoms with van der Waals surface area (Å²) in [6, 6.07) is 15.1. The first-order valence-electron chi connectivity index (χ1n) is 6.71. The van der Waals surface area contributed by atoms with E-state index in [2.05, 4.69) is 15.9 Å². The first kappa shape index (κ1) is 15.6.